The van der Waals surface area contributed by atoms with Gasteiger partial charge in [0.25, 0.3) is 0 Å². The number of aliphatic hydroxyl groups excluding tert-OH is 1. The monoisotopic (exact) mass is 641 g/mol. The molecule has 0 saturated carbocycles. The molecule has 4 atom stereocenters. The third-order valence-corrected chi connectivity index (χ3v) is 9.40. The maximum atomic E-state index is 12.4. The van der Waals surface area contributed by atoms with E-state index >= 15 is 0 Å². The van der Waals surface area contributed by atoms with Crippen molar-refractivity contribution in [3.63, 3.8) is 0 Å². The highest BCUT2D eigenvalue weighted by molar-refractivity contribution is 5.76. The average Bonchev–Trinajstić information content (AvgIpc) is 3.10. The van der Waals surface area contributed by atoms with Gasteiger partial charge in [-0.3, -0.25) is 9.59 Å². The zero-order valence-electron chi connectivity index (χ0n) is 28.0. The summed E-state index contributed by atoms with van der Waals surface area (Å²) in [7, 11) is 0. The van der Waals surface area contributed by atoms with Gasteiger partial charge in [0, 0.05) is 44.5 Å². The Morgan fingerprint density at radius 2 is 1.57 bits per heavy atom. The molecule has 0 aliphatic carbocycles. The number of likely N-dealkylation sites (tertiary alicyclic amines) is 1. The fraction of sp³-hybridized carbons (Fsp3) is 0.487. The van der Waals surface area contributed by atoms with Gasteiger partial charge in [0.05, 0.1) is 18.8 Å². The number of hydrogen-bond donors (Lipinski definition) is 3. The lowest BCUT2D eigenvalue weighted by Gasteiger charge is -2.43. The van der Waals surface area contributed by atoms with Crippen LogP contribution in [0.4, 0.5) is 0 Å². The first kappa shape index (κ1) is 34.8. The van der Waals surface area contributed by atoms with Gasteiger partial charge in [-0.05, 0) is 72.7 Å². The molecule has 3 aromatic rings. The van der Waals surface area contributed by atoms with E-state index in [-0.39, 0.29) is 36.5 Å². The first-order chi connectivity index (χ1) is 22.9. The maximum Gasteiger partial charge on any atom is 0.220 e. The lowest BCUT2D eigenvalue weighted by molar-refractivity contribution is -0.276. The van der Waals surface area contributed by atoms with Gasteiger partial charge in [-0.2, -0.15) is 0 Å². The highest BCUT2D eigenvalue weighted by Gasteiger charge is 2.39. The first-order valence-corrected chi connectivity index (χ1v) is 17.3. The van der Waals surface area contributed by atoms with Crippen LogP contribution in [0.25, 0.3) is 11.1 Å². The van der Waals surface area contributed by atoms with Gasteiger partial charge in [0.15, 0.2) is 6.29 Å². The Bertz CT molecular complexity index is 1420. The second kappa shape index (κ2) is 17.6. The Hall–Kier alpha value is -3.56. The summed E-state index contributed by atoms with van der Waals surface area (Å²) < 4.78 is 13.4. The SMILES string of the molecule is CC(=O)NCCCCCC(=O)NCc1cccc(-c2ccc([C@@H]3O[C@H](CN4CCCCC4)[C@H](C)[C@H](c4ccc(CO)cc4)O3)cc2)c1. The Morgan fingerprint density at radius 1 is 0.830 bits per heavy atom. The molecule has 3 aromatic carbocycles. The molecular formula is C39H51N3O5. The molecule has 252 valence electrons. The quantitative estimate of drug-likeness (QED) is 0.175. The van der Waals surface area contributed by atoms with Crippen LogP contribution in [-0.2, 0) is 32.2 Å². The zero-order valence-corrected chi connectivity index (χ0v) is 28.0. The second-order valence-electron chi connectivity index (χ2n) is 13.1. The van der Waals surface area contributed by atoms with Crippen molar-refractivity contribution >= 4 is 11.8 Å². The molecule has 0 bridgehead atoms. The van der Waals surface area contributed by atoms with E-state index in [0.717, 1.165) is 72.3 Å². The molecule has 0 unspecified atom stereocenters. The molecule has 0 radical (unpaired) electrons. The number of carbonyl (C=O) groups is 2. The van der Waals surface area contributed by atoms with E-state index in [2.05, 4.69) is 71.0 Å². The molecule has 2 saturated heterocycles. The van der Waals surface area contributed by atoms with Crippen LogP contribution < -0.4 is 10.6 Å². The number of aliphatic hydroxyl groups is 1. The number of benzene rings is 3. The molecule has 0 aromatic heterocycles. The molecule has 2 heterocycles. The molecular weight excluding hydrogens is 590 g/mol. The van der Waals surface area contributed by atoms with E-state index in [4.69, 9.17) is 9.47 Å². The van der Waals surface area contributed by atoms with Crippen molar-refractivity contribution < 1.29 is 24.2 Å². The molecule has 3 N–H and O–H groups in total. The van der Waals surface area contributed by atoms with Crippen LogP contribution in [-0.4, -0.2) is 54.1 Å². The summed E-state index contributed by atoms with van der Waals surface area (Å²) in [5.41, 5.74) is 6.21. The summed E-state index contributed by atoms with van der Waals surface area (Å²) in [6.07, 6.45) is 6.29. The highest BCUT2D eigenvalue weighted by atomic mass is 16.7. The van der Waals surface area contributed by atoms with Crippen LogP contribution in [0.1, 0.15) is 93.4 Å². The Balaban J connectivity index is 1.21. The lowest BCUT2D eigenvalue weighted by atomic mass is 9.89. The van der Waals surface area contributed by atoms with Crippen molar-refractivity contribution in [3.05, 3.63) is 95.1 Å². The van der Waals surface area contributed by atoms with Gasteiger partial charge in [0.1, 0.15) is 0 Å². The van der Waals surface area contributed by atoms with E-state index < -0.39 is 6.29 Å². The topological polar surface area (TPSA) is 100 Å². The van der Waals surface area contributed by atoms with Crippen molar-refractivity contribution in [2.75, 3.05) is 26.2 Å². The van der Waals surface area contributed by atoms with Crippen LogP contribution in [0.3, 0.4) is 0 Å². The number of carbonyl (C=O) groups excluding carboxylic acids is 2. The Labute approximate surface area is 279 Å². The van der Waals surface area contributed by atoms with Crippen molar-refractivity contribution in [1.82, 2.24) is 15.5 Å². The standard InChI is InChI=1S/C39H51N3O5/c1-28-36(26-42-22-7-4-8-23-42)46-39(47-38(28)33-15-13-30(27-43)14-16-33)34-19-17-32(18-20-34)35-11-9-10-31(24-35)25-41-37(45)12-5-3-6-21-40-29(2)44/h9-11,13-20,24,28,36,38-39,43H,3-8,12,21-23,25-27H2,1-2H3,(H,40,44)(H,41,45)/t28-,36+,38+,39+/m0/s1. The number of amides is 2. The fourth-order valence-electron chi connectivity index (χ4n) is 6.56. The molecule has 8 nitrogen and oxygen atoms in total. The van der Waals surface area contributed by atoms with Crippen LogP contribution in [0.15, 0.2) is 72.8 Å². The van der Waals surface area contributed by atoms with Crippen molar-refractivity contribution in [2.24, 2.45) is 5.92 Å². The molecule has 2 fully saturated rings. The predicted octanol–water partition coefficient (Wildman–Crippen LogP) is 6.44. The number of nitrogens with zero attached hydrogens (tertiary/aromatic N) is 1. The Kier molecular flexibility index (Phi) is 13.0. The number of rotatable bonds is 14. The summed E-state index contributed by atoms with van der Waals surface area (Å²) in [5.74, 6) is 0.198. The van der Waals surface area contributed by atoms with E-state index in [1.54, 1.807) is 0 Å². The predicted molar refractivity (Wildman–Crippen MR) is 184 cm³/mol. The van der Waals surface area contributed by atoms with E-state index in [1.807, 2.05) is 24.3 Å². The third-order valence-electron chi connectivity index (χ3n) is 9.40. The lowest BCUT2D eigenvalue weighted by Crippen LogP contribution is -2.45. The van der Waals surface area contributed by atoms with Crippen molar-refractivity contribution in [3.8, 4) is 11.1 Å². The van der Waals surface area contributed by atoms with E-state index in [0.29, 0.717) is 19.5 Å². The van der Waals surface area contributed by atoms with E-state index in [9.17, 15) is 14.7 Å². The molecule has 2 amide bonds. The van der Waals surface area contributed by atoms with Gasteiger partial charge >= 0.3 is 0 Å². The van der Waals surface area contributed by atoms with Crippen molar-refractivity contribution in [2.45, 2.75) is 90.4 Å². The van der Waals surface area contributed by atoms with Gasteiger partial charge in [-0.15, -0.1) is 0 Å². The summed E-state index contributed by atoms with van der Waals surface area (Å²) in [6, 6.07) is 24.8. The van der Waals surface area contributed by atoms with Crippen LogP contribution in [0, 0.1) is 5.92 Å². The zero-order chi connectivity index (χ0) is 33.0. The molecule has 5 rings (SSSR count). The normalized spacial score (nSPS) is 21.7. The van der Waals surface area contributed by atoms with Gasteiger partial charge in [0.2, 0.25) is 11.8 Å². The first-order valence-electron chi connectivity index (χ1n) is 17.3. The van der Waals surface area contributed by atoms with Crippen LogP contribution >= 0.6 is 0 Å². The molecule has 2 aliphatic heterocycles. The fourth-order valence-corrected chi connectivity index (χ4v) is 6.56. The largest absolute Gasteiger partial charge is 0.392 e. The number of hydrogen-bond acceptors (Lipinski definition) is 6. The van der Waals surface area contributed by atoms with E-state index in [1.165, 1.54) is 26.2 Å². The average molecular weight is 642 g/mol. The minimum atomic E-state index is -0.482. The smallest absolute Gasteiger partial charge is 0.220 e. The van der Waals surface area contributed by atoms with Crippen LogP contribution in [0.5, 0.6) is 0 Å². The van der Waals surface area contributed by atoms with Crippen LogP contribution in [0.2, 0.25) is 0 Å². The van der Waals surface area contributed by atoms with Gasteiger partial charge < -0.3 is 30.1 Å². The maximum absolute atomic E-state index is 12.4. The number of unbranched alkanes of at least 4 members (excludes halogenated alkanes) is 2. The second-order valence-corrected chi connectivity index (χ2v) is 13.1. The minimum absolute atomic E-state index is 0.0180. The highest BCUT2D eigenvalue weighted by Crippen LogP contribution is 2.42. The summed E-state index contributed by atoms with van der Waals surface area (Å²) >= 11 is 0. The molecule has 2 aliphatic rings. The van der Waals surface area contributed by atoms with Crippen molar-refractivity contribution in [1.29, 1.82) is 0 Å². The van der Waals surface area contributed by atoms with Gasteiger partial charge in [-0.25, -0.2) is 0 Å². The van der Waals surface area contributed by atoms with Gasteiger partial charge in [-0.1, -0.05) is 86.5 Å². The number of piperidine rings is 1. The minimum Gasteiger partial charge on any atom is -0.392 e. The summed E-state index contributed by atoms with van der Waals surface area (Å²) in [6.45, 7) is 8.04. The summed E-state index contributed by atoms with van der Waals surface area (Å²) in [5, 5.41) is 15.4. The molecule has 0 spiro atoms. The molecule has 47 heavy (non-hydrogen) atoms. The number of nitrogens with one attached hydrogen (secondary N) is 2. The number of ether oxygens (including phenoxy) is 2. The molecule has 8 heteroatoms. The third kappa shape index (κ3) is 10.2. The summed E-state index contributed by atoms with van der Waals surface area (Å²) in [4.78, 5) is 25.9. The Morgan fingerprint density at radius 3 is 2.30 bits per heavy atom.